The minimum atomic E-state index is -0.134. The molecule has 1 aliphatic rings. The molecule has 1 aliphatic heterocycles. The normalized spacial score (nSPS) is 14.7. The molecule has 0 unspecified atom stereocenters. The number of ether oxygens (including phenoxy) is 3. The summed E-state index contributed by atoms with van der Waals surface area (Å²) >= 11 is 0. The van der Waals surface area contributed by atoms with Crippen molar-refractivity contribution in [1.82, 2.24) is 15.5 Å². The van der Waals surface area contributed by atoms with Crippen molar-refractivity contribution in [3.05, 3.63) is 17.7 Å². The first kappa shape index (κ1) is 20.3. The molecule has 1 saturated heterocycles. The van der Waals surface area contributed by atoms with Gasteiger partial charge in [0.1, 0.15) is 0 Å². The molecular weight excluding hydrogens is 334 g/mol. The Balaban J connectivity index is 2.06. The fourth-order valence-corrected chi connectivity index (χ4v) is 2.88. The van der Waals surface area contributed by atoms with Crippen LogP contribution in [0, 0.1) is 0 Å². The molecule has 0 saturated carbocycles. The van der Waals surface area contributed by atoms with Gasteiger partial charge in [-0.05, 0) is 32.9 Å². The number of carbonyl (C=O) groups excluding carboxylic acids is 1. The zero-order valence-electron chi connectivity index (χ0n) is 16.1. The zero-order chi connectivity index (χ0) is 18.8. The summed E-state index contributed by atoms with van der Waals surface area (Å²) in [5.74, 6) is 1.48. The lowest BCUT2D eigenvalue weighted by Gasteiger charge is -2.27. The standard InChI is InChI=1S/C19H31N3O4/c1-4-24-16-13-15(14-17(25-5-2)18(16)26-6-3)19(23)21-9-12-22-10-7-20-8-11-22/h13-14,20H,4-12H2,1-3H3,(H,21,23). The van der Waals surface area contributed by atoms with Gasteiger partial charge in [0.2, 0.25) is 5.75 Å². The SMILES string of the molecule is CCOc1cc(C(=O)NCCN2CCNCC2)cc(OCC)c1OCC. The van der Waals surface area contributed by atoms with E-state index in [9.17, 15) is 4.79 Å². The number of hydrogen-bond donors (Lipinski definition) is 2. The van der Waals surface area contributed by atoms with E-state index in [0.717, 1.165) is 32.7 Å². The second-order valence-corrected chi connectivity index (χ2v) is 5.95. The number of amides is 1. The van der Waals surface area contributed by atoms with Gasteiger partial charge in [0.05, 0.1) is 19.8 Å². The first-order chi connectivity index (χ1) is 12.7. The third-order valence-corrected chi connectivity index (χ3v) is 4.09. The largest absolute Gasteiger partial charge is 0.490 e. The molecule has 0 aromatic heterocycles. The molecule has 7 heteroatoms. The summed E-state index contributed by atoms with van der Waals surface area (Å²) < 4.78 is 17.0. The van der Waals surface area contributed by atoms with Gasteiger partial charge in [-0.2, -0.15) is 0 Å². The van der Waals surface area contributed by atoms with Crippen LogP contribution in [-0.2, 0) is 0 Å². The highest BCUT2D eigenvalue weighted by molar-refractivity contribution is 5.95. The maximum atomic E-state index is 12.6. The molecule has 26 heavy (non-hydrogen) atoms. The van der Waals surface area contributed by atoms with E-state index in [2.05, 4.69) is 15.5 Å². The Morgan fingerprint density at radius 3 is 2.15 bits per heavy atom. The van der Waals surface area contributed by atoms with E-state index >= 15 is 0 Å². The summed E-state index contributed by atoms with van der Waals surface area (Å²) in [7, 11) is 0. The molecule has 7 nitrogen and oxygen atoms in total. The van der Waals surface area contributed by atoms with E-state index in [1.54, 1.807) is 12.1 Å². The molecule has 1 fully saturated rings. The van der Waals surface area contributed by atoms with Crippen molar-refractivity contribution in [3.63, 3.8) is 0 Å². The van der Waals surface area contributed by atoms with Crippen molar-refractivity contribution in [3.8, 4) is 17.2 Å². The van der Waals surface area contributed by atoms with Gasteiger partial charge < -0.3 is 24.8 Å². The molecule has 1 aromatic carbocycles. The number of carbonyl (C=O) groups is 1. The number of benzene rings is 1. The lowest BCUT2D eigenvalue weighted by atomic mass is 10.1. The van der Waals surface area contributed by atoms with Crippen LogP contribution in [0.25, 0.3) is 0 Å². The summed E-state index contributed by atoms with van der Waals surface area (Å²) in [5.41, 5.74) is 0.515. The molecule has 0 aliphatic carbocycles. The van der Waals surface area contributed by atoms with E-state index in [1.807, 2.05) is 20.8 Å². The summed E-state index contributed by atoms with van der Waals surface area (Å²) in [4.78, 5) is 14.9. The molecule has 0 spiro atoms. The second-order valence-electron chi connectivity index (χ2n) is 5.95. The number of nitrogens with zero attached hydrogens (tertiary/aromatic N) is 1. The smallest absolute Gasteiger partial charge is 0.251 e. The van der Waals surface area contributed by atoms with Gasteiger partial charge in [0.15, 0.2) is 11.5 Å². The van der Waals surface area contributed by atoms with Crippen LogP contribution < -0.4 is 24.8 Å². The van der Waals surface area contributed by atoms with Gasteiger partial charge in [-0.25, -0.2) is 0 Å². The molecule has 0 bridgehead atoms. The first-order valence-corrected chi connectivity index (χ1v) is 9.47. The lowest BCUT2D eigenvalue weighted by molar-refractivity contribution is 0.0946. The topological polar surface area (TPSA) is 72.1 Å². The maximum Gasteiger partial charge on any atom is 0.251 e. The Kier molecular flexibility index (Phi) is 8.50. The molecule has 2 rings (SSSR count). The Bertz CT molecular complexity index is 547. The van der Waals surface area contributed by atoms with E-state index in [-0.39, 0.29) is 5.91 Å². The summed E-state index contributed by atoms with van der Waals surface area (Å²) in [6, 6.07) is 3.44. The predicted molar refractivity (Wildman–Crippen MR) is 102 cm³/mol. The van der Waals surface area contributed by atoms with Crippen molar-refractivity contribution in [2.45, 2.75) is 20.8 Å². The maximum absolute atomic E-state index is 12.6. The van der Waals surface area contributed by atoms with Crippen LogP contribution in [0.2, 0.25) is 0 Å². The average Bonchev–Trinajstić information content (AvgIpc) is 2.65. The van der Waals surface area contributed by atoms with E-state index in [0.29, 0.717) is 49.2 Å². The van der Waals surface area contributed by atoms with Gasteiger partial charge in [0.25, 0.3) is 5.91 Å². The minimum Gasteiger partial charge on any atom is -0.490 e. The van der Waals surface area contributed by atoms with Crippen LogP contribution >= 0.6 is 0 Å². The van der Waals surface area contributed by atoms with E-state index < -0.39 is 0 Å². The average molecular weight is 365 g/mol. The molecule has 0 atom stereocenters. The fraction of sp³-hybridized carbons (Fsp3) is 0.632. The Hall–Kier alpha value is -1.99. The summed E-state index contributed by atoms with van der Waals surface area (Å²) in [6.07, 6.45) is 0. The molecule has 0 radical (unpaired) electrons. The van der Waals surface area contributed by atoms with Crippen molar-refractivity contribution in [1.29, 1.82) is 0 Å². The van der Waals surface area contributed by atoms with Gasteiger partial charge in [-0.15, -0.1) is 0 Å². The second kappa shape index (κ2) is 10.9. The third kappa shape index (κ3) is 5.78. The van der Waals surface area contributed by atoms with Crippen LogP contribution in [-0.4, -0.2) is 69.9 Å². The highest BCUT2D eigenvalue weighted by Crippen LogP contribution is 2.39. The number of nitrogens with one attached hydrogen (secondary N) is 2. The van der Waals surface area contributed by atoms with Crippen molar-refractivity contribution >= 4 is 5.91 Å². The number of hydrogen-bond acceptors (Lipinski definition) is 6. The zero-order valence-corrected chi connectivity index (χ0v) is 16.1. The van der Waals surface area contributed by atoms with Crippen LogP contribution in [0.4, 0.5) is 0 Å². The molecular formula is C19H31N3O4. The van der Waals surface area contributed by atoms with Crippen LogP contribution in [0.1, 0.15) is 31.1 Å². The predicted octanol–water partition coefficient (Wildman–Crippen LogP) is 1.52. The summed E-state index contributed by atoms with van der Waals surface area (Å²) in [5, 5.41) is 6.31. The molecule has 1 amide bonds. The van der Waals surface area contributed by atoms with Gasteiger partial charge in [-0.1, -0.05) is 0 Å². The Labute approximate surface area is 156 Å². The number of rotatable bonds is 10. The van der Waals surface area contributed by atoms with Crippen LogP contribution in [0.3, 0.4) is 0 Å². The fourth-order valence-electron chi connectivity index (χ4n) is 2.88. The van der Waals surface area contributed by atoms with E-state index in [1.165, 1.54) is 0 Å². The van der Waals surface area contributed by atoms with Crippen molar-refractivity contribution in [2.75, 3.05) is 59.1 Å². The van der Waals surface area contributed by atoms with Gasteiger partial charge in [0, 0.05) is 44.8 Å². The van der Waals surface area contributed by atoms with Crippen LogP contribution in [0.5, 0.6) is 17.2 Å². The highest BCUT2D eigenvalue weighted by Gasteiger charge is 2.18. The monoisotopic (exact) mass is 365 g/mol. The highest BCUT2D eigenvalue weighted by atomic mass is 16.5. The van der Waals surface area contributed by atoms with Crippen molar-refractivity contribution in [2.24, 2.45) is 0 Å². The third-order valence-electron chi connectivity index (χ3n) is 4.09. The minimum absolute atomic E-state index is 0.134. The molecule has 1 aromatic rings. The lowest BCUT2D eigenvalue weighted by Crippen LogP contribution is -2.46. The molecule has 146 valence electrons. The van der Waals surface area contributed by atoms with Gasteiger partial charge >= 0.3 is 0 Å². The quantitative estimate of drug-likeness (QED) is 0.655. The van der Waals surface area contributed by atoms with Crippen LogP contribution in [0.15, 0.2) is 12.1 Å². The Morgan fingerprint density at radius 1 is 1.04 bits per heavy atom. The molecule has 2 N–H and O–H groups in total. The van der Waals surface area contributed by atoms with E-state index in [4.69, 9.17) is 14.2 Å². The first-order valence-electron chi connectivity index (χ1n) is 9.47. The number of piperazine rings is 1. The van der Waals surface area contributed by atoms with Crippen molar-refractivity contribution < 1.29 is 19.0 Å². The van der Waals surface area contributed by atoms with Gasteiger partial charge in [-0.3, -0.25) is 9.69 Å². The Morgan fingerprint density at radius 2 is 1.62 bits per heavy atom. The summed E-state index contributed by atoms with van der Waals surface area (Å²) in [6.45, 7) is 12.7. The molecule has 1 heterocycles.